The minimum atomic E-state index is -0.310. The number of piperazine rings is 1. The Bertz CT molecular complexity index is 1110. The van der Waals surface area contributed by atoms with Gasteiger partial charge in [0.25, 0.3) is 0 Å². The number of aryl methyl sites for hydroxylation is 1. The zero-order chi connectivity index (χ0) is 22.7. The van der Waals surface area contributed by atoms with E-state index in [9.17, 15) is 9.18 Å². The number of aromatic nitrogens is 2. The lowest BCUT2D eigenvalue weighted by atomic mass is 10.1. The van der Waals surface area contributed by atoms with Crippen LogP contribution in [-0.4, -0.2) is 47.1 Å². The maximum atomic E-state index is 13.7. The Hall–Kier alpha value is -3.00. The first kappa shape index (κ1) is 22.2. The van der Waals surface area contributed by atoms with Crippen molar-refractivity contribution in [1.29, 1.82) is 0 Å². The number of rotatable bonds is 4. The van der Waals surface area contributed by atoms with Crippen molar-refractivity contribution < 1.29 is 9.18 Å². The molecule has 2 amide bonds. The third kappa shape index (κ3) is 4.91. The number of urea groups is 1. The average molecular weight is 498 g/mol. The maximum absolute atomic E-state index is 13.7. The summed E-state index contributed by atoms with van der Waals surface area (Å²) in [5, 5.41) is 2.95. The van der Waals surface area contributed by atoms with Crippen molar-refractivity contribution in [3.63, 3.8) is 0 Å². The SMILES string of the molecule is CCc1c(C)nc(-c2cccc(F)c2)nc1N1CCN(C(=O)Nc2ccc(Br)cc2)CC1. The van der Waals surface area contributed by atoms with Crippen LogP contribution in [0.2, 0.25) is 0 Å². The van der Waals surface area contributed by atoms with Crippen LogP contribution in [-0.2, 0) is 6.42 Å². The first-order chi connectivity index (χ1) is 15.4. The van der Waals surface area contributed by atoms with Crippen LogP contribution in [0, 0.1) is 12.7 Å². The summed E-state index contributed by atoms with van der Waals surface area (Å²) in [6.07, 6.45) is 0.800. The molecule has 8 heteroatoms. The monoisotopic (exact) mass is 497 g/mol. The Balaban J connectivity index is 1.50. The summed E-state index contributed by atoms with van der Waals surface area (Å²) >= 11 is 3.40. The van der Waals surface area contributed by atoms with Gasteiger partial charge in [-0.3, -0.25) is 0 Å². The Morgan fingerprint density at radius 3 is 2.47 bits per heavy atom. The fraction of sp³-hybridized carbons (Fsp3) is 0.292. The standard InChI is InChI=1S/C24H25BrFN5O/c1-3-21-16(2)27-22(17-5-4-6-19(26)15-17)29-23(21)30-11-13-31(14-12-30)24(32)28-20-9-7-18(25)8-10-20/h4-10,15H,3,11-14H2,1-2H3,(H,28,32). The number of nitrogens with zero attached hydrogens (tertiary/aromatic N) is 4. The van der Waals surface area contributed by atoms with E-state index in [1.54, 1.807) is 6.07 Å². The Morgan fingerprint density at radius 1 is 1.09 bits per heavy atom. The van der Waals surface area contributed by atoms with E-state index in [2.05, 4.69) is 38.1 Å². The first-order valence-corrected chi connectivity index (χ1v) is 11.4. The second-order valence-electron chi connectivity index (χ2n) is 7.71. The second-order valence-corrected chi connectivity index (χ2v) is 8.63. The molecule has 6 nitrogen and oxygen atoms in total. The number of carbonyl (C=O) groups excluding carboxylic acids is 1. The number of carbonyl (C=O) groups is 1. The van der Waals surface area contributed by atoms with Crippen LogP contribution in [0.25, 0.3) is 11.4 Å². The summed E-state index contributed by atoms with van der Waals surface area (Å²) in [6.45, 7) is 6.56. The molecule has 0 aliphatic carbocycles. The molecule has 1 fully saturated rings. The lowest BCUT2D eigenvalue weighted by Gasteiger charge is -2.36. The van der Waals surface area contributed by atoms with Crippen LogP contribution < -0.4 is 10.2 Å². The summed E-state index contributed by atoms with van der Waals surface area (Å²) in [4.78, 5) is 26.1. The van der Waals surface area contributed by atoms with Gasteiger partial charge in [-0.1, -0.05) is 35.0 Å². The largest absolute Gasteiger partial charge is 0.353 e. The van der Waals surface area contributed by atoms with Crippen molar-refractivity contribution in [2.24, 2.45) is 0 Å². The highest BCUT2D eigenvalue weighted by atomic mass is 79.9. The smallest absolute Gasteiger partial charge is 0.321 e. The number of amides is 2. The maximum Gasteiger partial charge on any atom is 0.321 e. The second kappa shape index (κ2) is 9.65. The van der Waals surface area contributed by atoms with Crippen molar-refractivity contribution in [3.8, 4) is 11.4 Å². The highest BCUT2D eigenvalue weighted by molar-refractivity contribution is 9.10. The zero-order valence-corrected chi connectivity index (χ0v) is 19.7. The van der Waals surface area contributed by atoms with E-state index in [1.165, 1.54) is 12.1 Å². The summed E-state index contributed by atoms with van der Waals surface area (Å²) in [5.41, 5.74) is 3.40. The fourth-order valence-electron chi connectivity index (χ4n) is 3.87. The molecule has 3 aromatic rings. The van der Waals surface area contributed by atoms with E-state index >= 15 is 0 Å². The number of hydrogen-bond acceptors (Lipinski definition) is 4. The van der Waals surface area contributed by atoms with Crippen molar-refractivity contribution in [3.05, 3.63) is 70.1 Å². The molecule has 166 valence electrons. The number of nitrogens with one attached hydrogen (secondary N) is 1. The first-order valence-electron chi connectivity index (χ1n) is 10.6. The van der Waals surface area contributed by atoms with Crippen molar-refractivity contribution >= 4 is 33.5 Å². The van der Waals surface area contributed by atoms with E-state index in [-0.39, 0.29) is 11.8 Å². The molecule has 1 aliphatic rings. The van der Waals surface area contributed by atoms with Crippen LogP contribution in [0.5, 0.6) is 0 Å². The van der Waals surface area contributed by atoms with Crippen LogP contribution in [0.4, 0.5) is 20.7 Å². The van der Waals surface area contributed by atoms with E-state index in [0.717, 1.165) is 33.7 Å². The topological polar surface area (TPSA) is 61.4 Å². The Kier molecular flexibility index (Phi) is 6.69. The molecule has 1 aromatic heterocycles. The van der Waals surface area contributed by atoms with Crippen molar-refractivity contribution in [2.45, 2.75) is 20.3 Å². The fourth-order valence-corrected chi connectivity index (χ4v) is 4.13. The lowest BCUT2D eigenvalue weighted by molar-refractivity contribution is 0.208. The third-order valence-electron chi connectivity index (χ3n) is 5.59. The molecule has 2 heterocycles. The van der Waals surface area contributed by atoms with Gasteiger partial charge in [0.1, 0.15) is 11.6 Å². The van der Waals surface area contributed by atoms with Crippen LogP contribution in [0.1, 0.15) is 18.2 Å². The van der Waals surface area contributed by atoms with Gasteiger partial charge in [0.05, 0.1) is 0 Å². The molecular weight excluding hydrogens is 473 g/mol. The highest BCUT2D eigenvalue weighted by Crippen LogP contribution is 2.27. The summed E-state index contributed by atoms with van der Waals surface area (Å²) < 4.78 is 14.7. The molecule has 0 spiro atoms. The van der Waals surface area contributed by atoms with Crippen molar-refractivity contribution in [2.75, 3.05) is 36.4 Å². The Morgan fingerprint density at radius 2 is 1.81 bits per heavy atom. The molecule has 32 heavy (non-hydrogen) atoms. The quantitative estimate of drug-likeness (QED) is 0.533. The van der Waals surface area contributed by atoms with Crippen LogP contribution in [0.15, 0.2) is 53.0 Å². The predicted octanol–water partition coefficient (Wildman–Crippen LogP) is 5.27. The average Bonchev–Trinajstić information content (AvgIpc) is 2.80. The Labute approximate surface area is 195 Å². The summed E-state index contributed by atoms with van der Waals surface area (Å²) in [6, 6.07) is 13.8. The van der Waals surface area contributed by atoms with Gasteiger partial charge < -0.3 is 15.1 Å². The van der Waals surface area contributed by atoms with Gasteiger partial charge in [-0.15, -0.1) is 0 Å². The molecule has 1 N–H and O–H groups in total. The molecule has 0 bridgehead atoms. The molecule has 1 saturated heterocycles. The molecule has 0 saturated carbocycles. The molecule has 2 aromatic carbocycles. The van der Waals surface area contributed by atoms with E-state index in [0.29, 0.717) is 37.6 Å². The summed E-state index contributed by atoms with van der Waals surface area (Å²) in [7, 11) is 0. The highest BCUT2D eigenvalue weighted by Gasteiger charge is 2.25. The van der Waals surface area contributed by atoms with Crippen LogP contribution in [0.3, 0.4) is 0 Å². The molecule has 0 unspecified atom stereocenters. The number of benzene rings is 2. The number of hydrogen-bond donors (Lipinski definition) is 1. The lowest BCUT2D eigenvalue weighted by Crippen LogP contribution is -2.50. The number of halogens is 2. The summed E-state index contributed by atoms with van der Waals surface area (Å²) in [5.74, 6) is 1.08. The molecule has 0 atom stereocenters. The predicted molar refractivity (Wildman–Crippen MR) is 128 cm³/mol. The third-order valence-corrected chi connectivity index (χ3v) is 6.12. The molecule has 4 rings (SSSR count). The zero-order valence-electron chi connectivity index (χ0n) is 18.1. The van der Waals surface area contributed by atoms with Crippen LogP contribution >= 0.6 is 15.9 Å². The van der Waals surface area contributed by atoms with Gasteiger partial charge in [-0.2, -0.15) is 0 Å². The van der Waals surface area contributed by atoms with Gasteiger partial charge in [0.15, 0.2) is 5.82 Å². The van der Waals surface area contributed by atoms with Gasteiger partial charge in [-0.25, -0.2) is 19.2 Å². The van der Waals surface area contributed by atoms with Gasteiger partial charge >= 0.3 is 6.03 Å². The minimum Gasteiger partial charge on any atom is -0.353 e. The van der Waals surface area contributed by atoms with Gasteiger partial charge in [-0.05, 0) is 49.7 Å². The van der Waals surface area contributed by atoms with Crippen molar-refractivity contribution in [1.82, 2.24) is 14.9 Å². The number of anilines is 2. The van der Waals surface area contributed by atoms with E-state index in [1.807, 2.05) is 42.2 Å². The normalized spacial score (nSPS) is 13.9. The molecule has 1 aliphatic heterocycles. The van der Waals surface area contributed by atoms with Gasteiger partial charge in [0, 0.05) is 53.2 Å². The minimum absolute atomic E-state index is 0.109. The molecular formula is C24H25BrFN5O. The van der Waals surface area contributed by atoms with E-state index in [4.69, 9.17) is 4.98 Å². The van der Waals surface area contributed by atoms with Gasteiger partial charge in [0.2, 0.25) is 0 Å². The molecule has 0 radical (unpaired) electrons. The van der Waals surface area contributed by atoms with E-state index < -0.39 is 0 Å².